The van der Waals surface area contributed by atoms with Crippen LogP contribution in [0.5, 0.6) is 0 Å². The summed E-state index contributed by atoms with van der Waals surface area (Å²) in [5, 5.41) is 3.22. The molecule has 3 N–H and O–H groups in total. The minimum atomic E-state index is 0. The SMILES string of the molecule is CC(C)N1CCCC(CN=C(N)NCCc2ccccc2)C1.I. The van der Waals surface area contributed by atoms with E-state index >= 15 is 0 Å². The Labute approximate surface area is 157 Å². The summed E-state index contributed by atoms with van der Waals surface area (Å²) in [5.74, 6) is 1.23. The highest BCUT2D eigenvalue weighted by Crippen LogP contribution is 2.18. The van der Waals surface area contributed by atoms with Gasteiger partial charge in [-0.15, -0.1) is 24.0 Å². The minimum Gasteiger partial charge on any atom is -0.370 e. The van der Waals surface area contributed by atoms with Gasteiger partial charge in [0.2, 0.25) is 0 Å². The quantitative estimate of drug-likeness (QED) is 0.415. The average molecular weight is 430 g/mol. The van der Waals surface area contributed by atoms with Gasteiger partial charge < -0.3 is 16.0 Å². The molecule has 1 unspecified atom stereocenters. The van der Waals surface area contributed by atoms with E-state index in [1.165, 1.54) is 24.9 Å². The molecule has 0 aromatic heterocycles. The van der Waals surface area contributed by atoms with E-state index in [9.17, 15) is 0 Å². The molecule has 1 aliphatic heterocycles. The molecule has 1 fully saturated rings. The van der Waals surface area contributed by atoms with E-state index in [0.717, 1.165) is 26.1 Å². The van der Waals surface area contributed by atoms with E-state index in [0.29, 0.717) is 17.9 Å². The normalized spacial score (nSPS) is 19.4. The van der Waals surface area contributed by atoms with Gasteiger partial charge in [0.05, 0.1) is 0 Å². The molecule has 1 aromatic rings. The summed E-state index contributed by atoms with van der Waals surface area (Å²) in [5.41, 5.74) is 7.30. The zero-order chi connectivity index (χ0) is 15.8. The molecule has 5 heteroatoms. The Kier molecular flexibility index (Phi) is 9.55. The Hall–Kier alpha value is -0.820. The smallest absolute Gasteiger partial charge is 0.188 e. The van der Waals surface area contributed by atoms with Crippen molar-refractivity contribution in [2.45, 2.75) is 39.2 Å². The lowest BCUT2D eigenvalue weighted by atomic mass is 9.97. The van der Waals surface area contributed by atoms with Gasteiger partial charge in [0, 0.05) is 25.7 Å². The predicted molar refractivity (Wildman–Crippen MR) is 109 cm³/mol. The van der Waals surface area contributed by atoms with Gasteiger partial charge in [-0.3, -0.25) is 4.99 Å². The number of rotatable bonds is 6. The van der Waals surface area contributed by atoms with Gasteiger partial charge in [0.1, 0.15) is 0 Å². The fourth-order valence-corrected chi connectivity index (χ4v) is 2.98. The molecule has 0 aliphatic carbocycles. The Balaban J connectivity index is 0.00000264. The van der Waals surface area contributed by atoms with E-state index in [1.807, 2.05) is 6.07 Å². The highest BCUT2D eigenvalue weighted by atomic mass is 127. The third kappa shape index (κ3) is 7.52. The van der Waals surface area contributed by atoms with Crippen molar-refractivity contribution in [3.8, 4) is 0 Å². The van der Waals surface area contributed by atoms with Gasteiger partial charge in [0.25, 0.3) is 0 Å². The van der Waals surface area contributed by atoms with Crippen LogP contribution in [-0.4, -0.2) is 43.1 Å². The van der Waals surface area contributed by atoms with Crippen LogP contribution in [0, 0.1) is 5.92 Å². The van der Waals surface area contributed by atoms with Crippen molar-refractivity contribution in [2.75, 3.05) is 26.2 Å². The summed E-state index contributed by atoms with van der Waals surface area (Å²) < 4.78 is 0. The van der Waals surface area contributed by atoms with Crippen molar-refractivity contribution in [1.82, 2.24) is 10.2 Å². The number of nitrogens with one attached hydrogen (secondary N) is 1. The number of nitrogens with two attached hydrogens (primary N) is 1. The molecule has 1 atom stereocenters. The van der Waals surface area contributed by atoms with Crippen molar-refractivity contribution in [3.63, 3.8) is 0 Å². The van der Waals surface area contributed by atoms with E-state index in [-0.39, 0.29) is 24.0 Å². The molecule has 1 heterocycles. The van der Waals surface area contributed by atoms with Gasteiger partial charge in [-0.2, -0.15) is 0 Å². The topological polar surface area (TPSA) is 53.6 Å². The van der Waals surface area contributed by atoms with Gasteiger partial charge in [-0.25, -0.2) is 0 Å². The number of aliphatic imine (C=N–C) groups is 1. The molecule has 0 saturated carbocycles. The molecule has 1 aliphatic rings. The number of hydrogen-bond acceptors (Lipinski definition) is 2. The van der Waals surface area contributed by atoms with Crippen LogP contribution in [0.25, 0.3) is 0 Å². The Bertz CT molecular complexity index is 461. The number of benzene rings is 1. The molecular weight excluding hydrogens is 399 g/mol. The Morgan fingerprint density at radius 3 is 2.78 bits per heavy atom. The van der Waals surface area contributed by atoms with Gasteiger partial charge in [-0.1, -0.05) is 30.3 Å². The number of likely N-dealkylation sites (tertiary alicyclic amines) is 1. The maximum absolute atomic E-state index is 5.97. The molecule has 0 amide bonds. The van der Waals surface area contributed by atoms with Crippen molar-refractivity contribution in [2.24, 2.45) is 16.6 Å². The van der Waals surface area contributed by atoms with Gasteiger partial charge in [-0.05, 0) is 51.1 Å². The minimum absolute atomic E-state index is 0. The molecule has 0 spiro atoms. The first-order valence-electron chi connectivity index (χ1n) is 8.47. The lowest BCUT2D eigenvalue weighted by molar-refractivity contribution is 0.143. The summed E-state index contributed by atoms with van der Waals surface area (Å²) >= 11 is 0. The Morgan fingerprint density at radius 2 is 2.09 bits per heavy atom. The summed E-state index contributed by atoms with van der Waals surface area (Å²) in [4.78, 5) is 7.07. The number of guanidine groups is 1. The third-order valence-electron chi connectivity index (χ3n) is 4.36. The molecule has 1 saturated heterocycles. The fraction of sp³-hybridized carbons (Fsp3) is 0.611. The molecular formula is C18H31IN4. The van der Waals surface area contributed by atoms with E-state index < -0.39 is 0 Å². The van der Waals surface area contributed by atoms with Crippen LogP contribution in [-0.2, 0) is 6.42 Å². The highest BCUT2D eigenvalue weighted by molar-refractivity contribution is 14.0. The fourth-order valence-electron chi connectivity index (χ4n) is 2.98. The summed E-state index contributed by atoms with van der Waals surface area (Å²) in [6.45, 7) is 8.59. The molecule has 23 heavy (non-hydrogen) atoms. The second kappa shape index (κ2) is 10.9. The van der Waals surface area contributed by atoms with Crippen LogP contribution in [0.15, 0.2) is 35.3 Å². The first-order chi connectivity index (χ1) is 10.6. The zero-order valence-corrected chi connectivity index (χ0v) is 16.7. The van der Waals surface area contributed by atoms with Crippen molar-refractivity contribution in [1.29, 1.82) is 0 Å². The van der Waals surface area contributed by atoms with Crippen LogP contribution < -0.4 is 11.1 Å². The van der Waals surface area contributed by atoms with Gasteiger partial charge in [0.15, 0.2) is 5.96 Å². The van der Waals surface area contributed by atoms with Crippen molar-refractivity contribution in [3.05, 3.63) is 35.9 Å². The monoisotopic (exact) mass is 430 g/mol. The summed E-state index contributed by atoms with van der Waals surface area (Å²) in [6.07, 6.45) is 3.52. The molecule has 0 bridgehead atoms. The Morgan fingerprint density at radius 1 is 1.35 bits per heavy atom. The number of piperidine rings is 1. The lowest BCUT2D eigenvalue weighted by Crippen LogP contribution is -2.41. The lowest BCUT2D eigenvalue weighted by Gasteiger charge is -2.34. The number of halogens is 1. The first kappa shape index (κ1) is 20.2. The van der Waals surface area contributed by atoms with Crippen molar-refractivity contribution >= 4 is 29.9 Å². The van der Waals surface area contributed by atoms with E-state index in [1.54, 1.807) is 0 Å². The predicted octanol–water partition coefficient (Wildman–Crippen LogP) is 2.87. The molecule has 2 rings (SSSR count). The van der Waals surface area contributed by atoms with Gasteiger partial charge >= 0.3 is 0 Å². The third-order valence-corrected chi connectivity index (χ3v) is 4.36. The van der Waals surface area contributed by atoms with E-state index in [4.69, 9.17) is 5.73 Å². The molecule has 1 aromatic carbocycles. The number of hydrogen-bond donors (Lipinski definition) is 2. The maximum atomic E-state index is 5.97. The zero-order valence-electron chi connectivity index (χ0n) is 14.4. The van der Waals surface area contributed by atoms with Crippen LogP contribution in [0.1, 0.15) is 32.3 Å². The molecule has 130 valence electrons. The molecule has 4 nitrogen and oxygen atoms in total. The summed E-state index contributed by atoms with van der Waals surface area (Å²) in [7, 11) is 0. The first-order valence-corrected chi connectivity index (χ1v) is 8.47. The molecule has 0 radical (unpaired) electrons. The van der Waals surface area contributed by atoms with Crippen LogP contribution in [0.3, 0.4) is 0 Å². The second-order valence-electron chi connectivity index (χ2n) is 6.49. The van der Waals surface area contributed by atoms with E-state index in [2.05, 4.69) is 53.3 Å². The highest BCUT2D eigenvalue weighted by Gasteiger charge is 2.21. The number of nitrogens with zero attached hydrogens (tertiary/aromatic N) is 2. The summed E-state index contributed by atoms with van der Waals surface area (Å²) in [6, 6.07) is 11.1. The largest absolute Gasteiger partial charge is 0.370 e. The van der Waals surface area contributed by atoms with Crippen molar-refractivity contribution < 1.29 is 0 Å². The van der Waals surface area contributed by atoms with Crippen LogP contribution in [0.2, 0.25) is 0 Å². The standard InChI is InChI=1S/C18H30N4.HI/c1-15(2)22-12-6-9-17(14-22)13-21-18(19)20-11-10-16-7-4-3-5-8-16;/h3-5,7-8,15,17H,6,9-14H2,1-2H3,(H3,19,20,21);1H. The van der Waals surface area contributed by atoms with Crippen LogP contribution >= 0.6 is 24.0 Å². The average Bonchev–Trinajstić information content (AvgIpc) is 2.54. The maximum Gasteiger partial charge on any atom is 0.188 e. The van der Waals surface area contributed by atoms with Crippen LogP contribution in [0.4, 0.5) is 0 Å². The second-order valence-corrected chi connectivity index (χ2v) is 6.49.